The standard InChI is InChI=1S/C15H16FN3O2/c1-10-5-6-12(8-13(10)16)19-15(20)18-9-11-4-3-7-17-14(11)21-2/h3-8H,9H2,1-2H3,(H2,18,19,20). The summed E-state index contributed by atoms with van der Waals surface area (Å²) in [6.07, 6.45) is 1.61. The number of ether oxygens (including phenoxy) is 1. The fourth-order valence-electron chi connectivity index (χ4n) is 1.76. The van der Waals surface area contributed by atoms with Gasteiger partial charge in [-0.15, -0.1) is 0 Å². The summed E-state index contributed by atoms with van der Waals surface area (Å²) in [5.74, 6) is 0.0981. The van der Waals surface area contributed by atoms with Crippen LogP contribution in [-0.4, -0.2) is 18.1 Å². The van der Waals surface area contributed by atoms with E-state index in [0.717, 1.165) is 5.56 Å². The number of pyridine rings is 1. The fourth-order valence-corrected chi connectivity index (χ4v) is 1.76. The van der Waals surface area contributed by atoms with Gasteiger partial charge in [-0.1, -0.05) is 12.1 Å². The maximum atomic E-state index is 13.4. The SMILES string of the molecule is COc1ncccc1CNC(=O)Nc1ccc(C)c(F)c1. The van der Waals surface area contributed by atoms with Crippen LogP contribution in [-0.2, 0) is 6.54 Å². The maximum absolute atomic E-state index is 13.4. The molecule has 0 fully saturated rings. The van der Waals surface area contributed by atoms with Gasteiger partial charge < -0.3 is 15.4 Å². The van der Waals surface area contributed by atoms with Gasteiger partial charge in [-0.25, -0.2) is 14.2 Å². The van der Waals surface area contributed by atoms with Crippen LogP contribution in [0.15, 0.2) is 36.5 Å². The number of hydrogen-bond acceptors (Lipinski definition) is 3. The minimum absolute atomic E-state index is 0.261. The number of urea groups is 1. The molecule has 0 atom stereocenters. The molecule has 1 aromatic heterocycles. The van der Waals surface area contributed by atoms with Crippen molar-refractivity contribution in [3.63, 3.8) is 0 Å². The average molecular weight is 289 g/mol. The molecular formula is C15H16FN3O2. The van der Waals surface area contributed by atoms with Gasteiger partial charge in [0.2, 0.25) is 5.88 Å². The van der Waals surface area contributed by atoms with Crippen LogP contribution in [0.2, 0.25) is 0 Å². The summed E-state index contributed by atoms with van der Waals surface area (Å²) in [6, 6.07) is 7.66. The van der Waals surface area contributed by atoms with Crippen molar-refractivity contribution in [1.29, 1.82) is 0 Å². The number of rotatable bonds is 4. The smallest absolute Gasteiger partial charge is 0.319 e. The fraction of sp³-hybridized carbons (Fsp3) is 0.200. The molecule has 0 aliphatic heterocycles. The molecule has 0 saturated heterocycles. The lowest BCUT2D eigenvalue weighted by Crippen LogP contribution is -2.28. The lowest BCUT2D eigenvalue weighted by molar-refractivity contribution is 0.251. The molecule has 0 bridgehead atoms. The molecule has 1 heterocycles. The van der Waals surface area contributed by atoms with Crippen molar-refractivity contribution in [2.75, 3.05) is 12.4 Å². The van der Waals surface area contributed by atoms with Crippen LogP contribution < -0.4 is 15.4 Å². The van der Waals surface area contributed by atoms with E-state index < -0.39 is 6.03 Å². The van der Waals surface area contributed by atoms with Crippen LogP contribution in [0, 0.1) is 12.7 Å². The van der Waals surface area contributed by atoms with E-state index in [1.165, 1.54) is 13.2 Å². The van der Waals surface area contributed by atoms with E-state index >= 15 is 0 Å². The molecule has 0 aliphatic rings. The van der Waals surface area contributed by atoms with Crippen molar-refractivity contribution in [1.82, 2.24) is 10.3 Å². The topological polar surface area (TPSA) is 63.2 Å². The Morgan fingerprint density at radius 3 is 2.90 bits per heavy atom. The lowest BCUT2D eigenvalue weighted by atomic mass is 10.2. The molecule has 2 aromatic rings. The number of aryl methyl sites for hydroxylation is 1. The molecule has 1 aromatic carbocycles. The number of methoxy groups -OCH3 is 1. The maximum Gasteiger partial charge on any atom is 0.319 e. The Morgan fingerprint density at radius 1 is 1.38 bits per heavy atom. The summed E-state index contributed by atoms with van der Waals surface area (Å²) in [6.45, 7) is 1.92. The molecule has 0 aliphatic carbocycles. The number of aromatic nitrogens is 1. The van der Waals surface area contributed by atoms with Crippen molar-refractivity contribution in [3.05, 3.63) is 53.5 Å². The predicted octanol–water partition coefficient (Wildman–Crippen LogP) is 2.86. The van der Waals surface area contributed by atoms with Crippen molar-refractivity contribution in [3.8, 4) is 5.88 Å². The van der Waals surface area contributed by atoms with Crippen LogP contribution in [0.4, 0.5) is 14.9 Å². The number of amides is 2. The molecule has 110 valence electrons. The third-order valence-corrected chi connectivity index (χ3v) is 2.91. The summed E-state index contributed by atoms with van der Waals surface area (Å²) in [5.41, 5.74) is 1.68. The molecule has 21 heavy (non-hydrogen) atoms. The number of carbonyl (C=O) groups excluding carboxylic acids is 1. The zero-order valence-corrected chi connectivity index (χ0v) is 11.8. The highest BCUT2D eigenvalue weighted by molar-refractivity contribution is 5.89. The summed E-state index contributed by atoms with van der Waals surface area (Å²) < 4.78 is 18.5. The van der Waals surface area contributed by atoms with E-state index in [1.54, 1.807) is 37.4 Å². The summed E-state index contributed by atoms with van der Waals surface area (Å²) >= 11 is 0. The second kappa shape index (κ2) is 6.69. The van der Waals surface area contributed by atoms with Crippen LogP contribution in [0.5, 0.6) is 5.88 Å². The Bertz CT molecular complexity index is 647. The van der Waals surface area contributed by atoms with Crippen LogP contribution >= 0.6 is 0 Å². The molecule has 2 N–H and O–H groups in total. The summed E-state index contributed by atoms with van der Waals surface area (Å²) in [5, 5.41) is 5.23. The minimum atomic E-state index is -0.427. The van der Waals surface area contributed by atoms with E-state index in [4.69, 9.17) is 4.74 Å². The first-order valence-electron chi connectivity index (χ1n) is 6.39. The normalized spacial score (nSPS) is 10.0. The number of nitrogens with one attached hydrogen (secondary N) is 2. The highest BCUT2D eigenvalue weighted by atomic mass is 19.1. The molecule has 2 rings (SSSR count). The Morgan fingerprint density at radius 2 is 2.19 bits per heavy atom. The second-order valence-corrected chi connectivity index (χ2v) is 4.44. The molecule has 0 radical (unpaired) electrons. The van der Waals surface area contributed by atoms with E-state index in [2.05, 4.69) is 15.6 Å². The van der Waals surface area contributed by atoms with Crippen LogP contribution in [0.1, 0.15) is 11.1 Å². The van der Waals surface area contributed by atoms with Gasteiger partial charge in [-0.05, 0) is 30.7 Å². The van der Waals surface area contributed by atoms with E-state index in [9.17, 15) is 9.18 Å². The first-order valence-corrected chi connectivity index (χ1v) is 6.39. The molecular weight excluding hydrogens is 273 g/mol. The number of halogens is 1. The average Bonchev–Trinajstić information content (AvgIpc) is 2.49. The molecule has 0 saturated carbocycles. The summed E-state index contributed by atoms with van der Waals surface area (Å²) in [7, 11) is 1.51. The van der Waals surface area contributed by atoms with Crippen molar-refractivity contribution >= 4 is 11.7 Å². The zero-order chi connectivity index (χ0) is 15.2. The van der Waals surface area contributed by atoms with E-state index in [0.29, 0.717) is 17.1 Å². The van der Waals surface area contributed by atoms with Gasteiger partial charge in [0.25, 0.3) is 0 Å². The number of carbonyl (C=O) groups is 1. The highest BCUT2D eigenvalue weighted by Gasteiger charge is 2.07. The predicted molar refractivity (Wildman–Crippen MR) is 77.8 cm³/mol. The van der Waals surface area contributed by atoms with Gasteiger partial charge in [0.15, 0.2) is 0 Å². The Labute approximate surface area is 122 Å². The lowest BCUT2D eigenvalue weighted by Gasteiger charge is -2.10. The monoisotopic (exact) mass is 289 g/mol. The number of hydrogen-bond donors (Lipinski definition) is 2. The van der Waals surface area contributed by atoms with Gasteiger partial charge in [0, 0.05) is 24.0 Å². The molecule has 2 amide bonds. The largest absolute Gasteiger partial charge is 0.481 e. The van der Waals surface area contributed by atoms with E-state index in [-0.39, 0.29) is 12.4 Å². The van der Waals surface area contributed by atoms with Gasteiger partial charge in [0.05, 0.1) is 7.11 Å². The van der Waals surface area contributed by atoms with Gasteiger partial charge in [-0.3, -0.25) is 0 Å². The molecule has 6 heteroatoms. The second-order valence-electron chi connectivity index (χ2n) is 4.44. The molecule has 0 unspecified atom stereocenters. The first kappa shape index (κ1) is 14.8. The van der Waals surface area contributed by atoms with Crippen molar-refractivity contribution in [2.45, 2.75) is 13.5 Å². The van der Waals surface area contributed by atoms with Crippen molar-refractivity contribution in [2.24, 2.45) is 0 Å². The van der Waals surface area contributed by atoms with Gasteiger partial charge in [0.1, 0.15) is 5.82 Å². The van der Waals surface area contributed by atoms with Gasteiger partial charge in [-0.2, -0.15) is 0 Å². The number of anilines is 1. The number of benzene rings is 1. The minimum Gasteiger partial charge on any atom is -0.481 e. The van der Waals surface area contributed by atoms with Crippen molar-refractivity contribution < 1.29 is 13.9 Å². The third-order valence-electron chi connectivity index (χ3n) is 2.91. The Kier molecular flexibility index (Phi) is 4.71. The third kappa shape index (κ3) is 3.92. The van der Waals surface area contributed by atoms with Gasteiger partial charge >= 0.3 is 6.03 Å². The number of nitrogens with zero attached hydrogens (tertiary/aromatic N) is 1. The van der Waals surface area contributed by atoms with Crippen LogP contribution in [0.3, 0.4) is 0 Å². The first-order chi connectivity index (χ1) is 10.1. The Balaban J connectivity index is 1.94. The van der Waals surface area contributed by atoms with Crippen LogP contribution in [0.25, 0.3) is 0 Å². The zero-order valence-electron chi connectivity index (χ0n) is 11.8. The van der Waals surface area contributed by atoms with E-state index in [1.807, 2.05) is 0 Å². The highest BCUT2D eigenvalue weighted by Crippen LogP contribution is 2.14. The molecule has 5 nitrogen and oxygen atoms in total. The summed E-state index contributed by atoms with van der Waals surface area (Å²) in [4.78, 5) is 15.8. The molecule has 0 spiro atoms. The quantitative estimate of drug-likeness (QED) is 0.909. The Hall–Kier alpha value is -2.63.